The van der Waals surface area contributed by atoms with E-state index in [0.717, 1.165) is 29.2 Å². The SMILES string of the molecule is CCC(C)CN(C)Cc1cc(OC)ccc1Br. The molecule has 2 nitrogen and oxygen atoms in total. The molecule has 0 saturated heterocycles. The molecule has 1 unspecified atom stereocenters. The predicted octanol–water partition coefficient (Wildman–Crippen LogP) is 3.94. The minimum absolute atomic E-state index is 0.740. The number of hydrogen-bond acceptors (Lipinski definition) is 2. The summed E-state index contributed by atoms with van der Waals surface area (Å²) < 4.78 is 6.40. The Balaban J connectivity index is 2.66. The highest BCUT2D eigenvalue weighted by atomic mass is 79.9. The van der Waals surface area contributed by atoms with E-state index in [1.54, 1.807) is 7.11 Å². The van der Waals surface area contributed by atoms with Crippen LogP contribution in [0.3, 0.4) is 0 Å². The van der Waals surface area contributed by atoms with E-state index >= 15 is 0 Å². The second-order valence-corrected chi connectivity index (χ2v) is 5.52. The summed E-state index contributed by atoms with van der Waals surface area (Å²) in [6, 6.07) is 6.12. The normalized spacial score (nSPS) is 12.8. The van der Waals surface area contributed by atoms with Crippen molar-refractivity contribution >= 4 is 15.9 Å². The Morgan fingerprint density at radius 3 is 2.71 bits per heavy atom. The lowest BCUT2D eigenvalue weighted by molar-refractivity contribution is 0.274. The first-order valence-electron chi connectivity index (χ1n) is 6.07. The zero-order chi connectivity index (χ0) is 12.8. The lowest BCUT2D eigenvalue weighted by atomic mass is 10.1. The molecule has 0 amide bonds. The molecule has 17 heavy (non-hydrogen) atoms. The fourth-order valence-electron chi connectivity index (χ4n) is 1.82. The maximum Gasteiger partial charge on any atom is 0.119 e. The van der Waals surface area contributed by atoms with E-state index in [2.05, 4.69) is 47.8 Å². The van der Waals surface area contributed by atoms with Gasteiger partial charge in [0.2, 0.25) is 0 Å². The third-order valence-electron chi connectivity index (χ3n) is 3.01. The van der Waals surface area contributed by atoms with Crippen molar-refractivity contribution in [2.45, 2.75) is 26.8 Å². The maximum absolute atomic E-state index is 5.25. The summed E-state index contributed by atoms with van der Waals surface area (Å²) in [6.07, 6.45) is 1.23. The second-order valence-electron chi connectivity index (χ2n) is 4.67. The standard InChI is InChI=1S/C14H22BrNO/c1-5-11(2)9-16(3)10-12-8-13(17-4)6-7-14(12)15/h6-8,11H,5,9-10H2,1-4H3. The molecule has 0 aliphatic rings. The number of nitrogens with zero attached hydrogens (tertiary/aromatic N) is 1. The number of hydrogen-bond donors (Lipinski definition) is 0. The number of benzene rings is 1. The topological polar surface area (TPSA) is 12.5 Å². The van der Waals surface area contributed by atoms with Crippen LogP contribution in [0.2, 0.25) is 0 Å². The molecule has 0 spiro atoms. The van der Waals surface area contributed by atoms with Gasteiger partial charge >= 0.3 is 0 Å². The first-order chi connectivity index (χ1) is 8.06. The third-order valence-corrected chi connectivity index (χ3v) is 3.79. The molecule has 0 aliphatic carbocycles. The van der Waals surface area contributed by atoms with Gasteiger partial charge in [0.05, 0.1) is 7.11 Å². The van der Waals surface area contributed by atoms with Gasteiger partial charge in [0.25, 0.3) is 0 Å². The summed E-state index contributed by atoms with van der Waals surface area (Å²) in [7, 11) is 3.87. The van der Waals surface area contributed by atoms with Crippen molar-refractivity contribution < 1.29 is 4.74 Å². The average molecular weight is 300 g/mol. The molecule has 0 aliphatic heterocycles. The molecule has 1 atom stereocenters. The Kier molecular flexibility index (Phi) is 6.00. The predicted molar refractivity (Wildman–Crippen MR) is 76.5 cm³/mol. The summed E-state index contributed by atoms with van der Waals surface area (Å²) in [5.74, 6) is 1.66. The summed E-state index contributed by atoms with van der Waals surface area (Å²) in [4.78, 5) is 2.35. The zero-order valence-electron chi connectivity index (χ0n) is 11.2. The molecule has 0 fully saturated rings. The van der Waals surface area contributed by atoms with Crippen LogP contribution in [0.15, 0.2) is 22.7 Å². The van der Waals surface area contributed by atoms with Gasteiger partial charge in [-0.1, -0.05) is 36.2 Å². The van der Waals surface area contributed by atoms with Gasteiger partial charge in [-0.15, -0.1) is 0 Å². The highest BCUT2D eigenvalue weighted by Crippen LogP contribution is 2.23. The molecule has 1 rings (SSSR count). The van der Waals surface area contributed by atoms with Crippen molar-refractivity contribution in [3.05, 3.63) is 28.2 Å². The van der Waals surface area contributed by atoms with E-state index in [1.165, 1.54) is 12.0 Å². The number of ether oxygens (including phenoxy) is 1. The summed E-state index contributed by atoms with van der Waals surface area (Å²) >= 11 is 3.59. The van der Waals surface area contributed by atoms with Crippen LogP contribution in [-0.2, 0) is 6.54 Å². The summed E-state index contributed by atoms with van der Waals surface area (Å²) in [6.45, 7) is 6.60. The number of rotatable bonds is 6. The largest absolute Gasteiger partial charge is 0.497 e. The lowest BCUT2D eigenvalue weighted by Crippen LogP contribution is -2.23. The smallest absolute Gasteiger partial charge is 0.119 e. The fraction of sp³-hybridized carbons (Fsp3) is 0.571. The molecule has 1 aromatic carbocycles. The van der Waals surface area contributed by atoms with Crippen molar-refractivity contribution in [2.24, 2.45) is 5.92 Å². The molecule has 0 radical (unpaired) electrons. The molecule has 0 saturated carbocycles. The van der Waals surface area contributed by atoms with Crippen LogP contribution in [0.25, 0.3) is 0 Å². The van der Waals surface area contributed by atoms with Gasteiger partial charge in [0.1, 0.15) is 5.75 Å². The van der Waals surface area contributed by atoms with Gasteiger partial charge in [-0.3, -0.25) is 0 Å². The van der Waals surface area contributed by atoms with Crippen LogP contribution in [-0.4, -0.2) is 25.6 Å². The van der Waals surface area contributed by atoms with Crippen molar-refractivity contribution in [1.29, 1.82) is 0 Å². The van der Waals surface area contributed by atoms with Crippen LogP contribution in [0.4, 0.5) is 0 Å². The minimum atomic E-state index is 0.740. The fourth-order valence-corrected chi connectivity index (χ4v) is 2.19. The monoisotopic (exact) mass is 299 g/mol. The van der Waals surface area contributed by atoms with E-state index in [4.69, 9.17) is 4.74 Å². The third kappa shape index (κ3) is 4.68. The number of halogens is 1. The van der Waals surface area contributed by atoms with Crippen LogP contribution >= 0.6 is 15.9 Å². The first kappa shape index (κ1) is 14.5. The molecule has 0 heterocycles. The molecule has 0 bridgehead atoms. The quantitative estimate of drug-likeness (QED) is 0.789. The molecule has 96 valence electrons. The van der Waals surface area contributed by atoms with E-state index in [0.29, 0.717) is 0 Å². The highest BCUT2D eigenvalue weighted by molar-refractivity contribution is 9.10. The maximum atomic E-state index is 5.25. The second kappa shape index (κ2) is 7.02. The van der Waals surface area contributed by atoms with E-state index in [9.17, 15) is 0 Å². The van der Waals surface area contributed by atoms with Gasteiger partial charge in [-0.2, -0.15) is 0 Å². The van der Waals surface area contributed by atoms with Crippen molar-refractivity contribution in [2.75, 3.05) is 20.7 Å². The Hall–Kier alpha value is -0.540. The van der Waals surface area contributed by atoms with Gasteiger partial charge in [-0.25, -0.2) is 0 Å². The van der Waals surface area contributed by atoms with Crippen molar-refractivity contribution in [1.82, 2.24) is 4.90 Å². The van der Waals surface area contributed by atoms with E-state index < -0.39 is 0 Å². The van der Waals surface area contributed by atoms with Crippen molar-refractivity contribution in [3.8, 4) is 5.75 Å². The van der Waals surface area contributed by atoms with E-state index in [-0.39, 0.29) is 0 Å². The molecule has 0 aromatic heterocycles. The van der Waals surface area contributed by atoms with Gasteiger partial charge in [0.15, 0.2) is 0 Å². The Morgan fingerprint density at radius 2 is 2.12 bits per heavy atom. The molecular weight excluding hydrogens is 278 g/mol. The zero-order valence-corrected chi connectivity index (χ0v) is 12.8. The average Bonchev–Trinajstić information content (AvgIpc) is 2.31. The van der Waals surface area contributed by atoms with Crippen LogP contribution in [0.5, 0.6) is 5.75 Å². The van der Waals surface area contributed by atoms with Crippen LogP contribution < -0.4 is 4.74 Å². The van der Waals surface area contributed by atoms with Gasteiger partial charge in [0, 0.05) is 17.6 Å². The summed E-state index contributed by atoms with van der Waals surface area (Å²) in [5.41, 5.74) is 1.27. The van der Waals surface area contributed by atoms with E-state index in [1.807, 2.05) is 12.1 Å². The molecular formula is C14H22BrNO. The number of methoxy groups -OCH3 is 1. The first-order valence-corrected chi connectivity index (χ1v) is 6.87. The molecule has 3 heteroatoms. The minimum Gasteiger partial charge on any atom is -0.497 e. The van der Waals surface area contributed by atoms with Crippen molar-refractivity contribution in [3.63, 3.8) is 0 Å². The Morgan fingerprint density at radius 1 is 1.41 bits per heavy atom. The highest BCUT2D eigenvalue weighted by Gasteiger charge is 2.08. The lowest BCUT2D eigenvalue weighted by Gasteiger charge is -2.21. The Bertz CT molecular complexity index is 354. The van der Waals surface area contributed by atoms with Gasteiger partial charge < -0.3 is 9.64 Å². The molecule has 0 N–H and O–H groups in total. The van der Waals surface area contributed by atoms with Gasteiger partial charge in [-0.05, 0) is 36.7 Å². The van der Waals surface area contributed by atoms with Crippen LogP contribution in [0.1, 0.15) is 25.8 Å². The summed E-state index contributed by atoms with van der Waals surface area (Å²) in [5, 5.41) is 0. The van der Waals surface area contributed by atoms with Crippen LogP contribution in [0, 0.1) is 5.92 Å². The molecule has 1 aromatic rings. The Labute approximate surface area is 113 Å².